The minimum absolute atomic E-state index is 0.00254. The van der Waals surface area contributed by atoms with E-state index in [2.05, 4.69) is 10.3 Å². The van der Waals surface area contributed by atoms with Gasteiger partial charge < -0.3 is 19.6 Å². The van der Waals surface area contributed by atoms with Crippen LogP contribution in [0.4, 0.5) is 0 Å². The molecule has 1 aliphatic rings. The fourth-order valence-electron chi connectivity index (χ4n) is 3.17. The van der Waals surface area contributed by atoms with E-state index in [1.54, 1.807) is 6.92 Å². The Labute approximate surface area is 151 Å². The Morgan fingerprint density at radius 3 is 2.62 bits per heavy atom. The van der Waals surface area contributed by atoms with Crippen LogP contribution in [0.25, 0.3) is 11.5 Å². The van der Waals surface area contributed by atoms with Crippen LogP contribution < -0.4 is 5.32 Å². The number of carbonyl (C=O) groups is 2. The maximum Gasteiger partial charge on any atom is 0.308 e. The number of hydrogen-bond acceptors (Lipinski definition) is 5. The monoisotopic (exact) mass is 358 g/mol. The van der Waals surface area contributed by atoms with E-state index in [9.17, 15) is 14.7 Å². The molecular weight excluding hydrogens is 336 g/mol. The molecule has 1 amide bonds. The Morgan fingerprint density at radius 2 is 1.96 bits per heavy atom. The van der Waals surface area contributed by atoms with Crippen molar-refractivity contribution in [2.45, 2.75) is 19.8 Å². The summed E-state index contributed by atoms with van der Waals surface area (Å²) in [5.74, 6) is -1.52. The van der Waals surface area contributed by atoms with Gasteiger partial charge in [0.15, 0.2) is 0 Å². The largest absolute Gasteiger partial charge is 0.481 e. The average Bonchev–Trinajstić information content (AvgIpc) is 3.05. The highest BCUT2D eigenvalue weighted by Gasteiger charge is 2.30. The molecule has 2 N–H and O–H groups in total. The van der Waals surface area contributed by atoms with Gasteiger partial charge in [-0.15, -0.1) is 0 Å². The van der Waals surface area contributed by atoms with Crippen LogP contribution in [0.3, 0.4) is 0 Å². The van der Waals surface area contributed by atoms with Gasteiger partial charge >= 0.3 is 5.97 Å². The third-order valence-electron chi connectivity index (χ3n) is 4.66. The first-order valence-electron chi connectivity index (χ1n) is 8.68. The van der Waals surface area contributed by atoms with Crippen molar-refractivity contribution in [1.29, 1.82) is 0 Å². The zero-order chi connectivity index (χ0) is 18.5. The number of aliphatic carboxylic acids is 1. The van der Waals surface area contributed by atoms with Gasteiger partial charge in [-0.1, -0.05) is 18.2 Å². The minimum atomic E-state index is -0.906. The van der Waals surface area contributed by atoms with E-state index < -0.39 is 17.8 Å². The summed E-state index contributed by atoms with van der Waals surface area (Å²) in [5, 5.41) is 12.2. The molecule has 2 heterocycles. The predicted molar refractivity (Wildman–Crippen MR) is 93.7 cm³/mol. The molecule has 0 spiro atoms. The number of aryl methyl sites for hydroxylation is 1. The van der Waals surface area contributed by atoms with E-state index in [1.807, 2.05) is 30.3 Å². The quantitative estimate of drug-likeness (QED) is 0.823. The lowest BCUT2D eigenvalue weighted by Crippen LogP contribution is -2.39. The van der Waals surface area contributed by atoms with Crippen LogP contribution >= 0.6 is 0 Å². The van der Waals surface area contributed by atoms with E-state index in [0.717, 1.165) is 5.56 Å². The highest BCUT2D eigenvalue weighted by molar-refractivity contribution is 5.93. The van der Waals surface area contributed by atoms with E-state index in [0.29, 0.717) is 37.6 Å². The van der Waals surface area contributed by atoms with Crippen molar-refractivity contribution in [2.24, 2.45) is 11.8 Å². The number of nitrogens with one attached hydrogen (secondary N) is 1. The molecule has 26 heavy (non-hydrogen) atoms. The first-order chi connectivity index (χ1) is 12.6. The van der Waals surface area contributed by atoms with Crippen molar-refractivity contribution < 1.29 is 23.8 Å². The molecule has 7 nitrogen and oxygen atoms in total. The van der Waals surface area contributed by atoms with Crippen molar-refractivity contribution in [3.05, 3.63) is 41.8 Å². The topological polar surface area (TPSA) is 102 Å². The number of benzene rings is 1. The van der Waals surface area contributed by atoms with Gasteiger partial charge in [-0.3, -0.25) is 9.59 Å². The van der Waals surface area contributed by atoms with Gasteiger partial charge in [0.1, 0.15) is 0 Å². The highest BCUT2D eigenvalue weighted by Crippen LogP contribution is 2.25. The first kappa shape index (κ1) is 18.1. The third-order valence-corrected chi connectivity index (χ3v) is 4.66. The van der Waals surface area contributed by atoms with Crippen LogP contribution in [0.2, 0.25) is 0 Å². The Morgan fingerprint density at radius 1 is 1.27 bits per heavy atom. The fraction of sp³-hybridized carbons (Fsp3) is 0.421. The molecule has 1 fully saturated rings. The lowest BCUT2D eigenvalue weighted by molar-refractivity contribution is -0.144. The summed E-state index contributed by atoms with van der Waals surface area (Å²) in [6.07, 6.45) is 1.37. The number of carboxylic acid groups (broad SMARTS) is 1. The summed E-state index contributed by atoms with van der Waals surface area (Å²) in [4.78, 5) is 28.3. The number of oxazole rings is 1. The molecule has 0 aliphatic carbocycles. The molecule has 2 aromatic rings. The van der Waals surface area contributed by atoms with Gasteiger partial charge in [-0.2, -0.15) is 0 Å². The van der Waals surface area contributed by atoms with E-state index in [-0.39, 0.29) is 18.2 Å². The molecule has 1 unspecified atom stereocenters. The van der Waals surface area contributed by atoms with Crippen molar-refractivity contribution in [3.63, 3.8) is 0 Å². The van der Waals surface area contributed by atoms with E-state index in [4.69, 9.17) is 9.15 Å². The Hall–Kier alpha value is -2.67. The number of amides is 1. The summed E-state index contributed by atoms with van der Waals surface area (Å²) in [5.41, 5.74) is 1.25. The number of carboxylic acids is 1. The minimum Gasteiger partial charge on any atom is -0.481 e. The van der Waals surface area contributed by atoms with Crippen molar-refractivity contribution >= 4 is 11.9 Å². The molecular formula is C19H22N2O5. The molecule has 0 bridgehead atoms. The van der Waals surface area contributed by atoms with E-state index >= 15 is 0 Å². The highest BCUT2D eigenvalue weighted by atomic mass is 16.5. The Bertz CT molecular complexity index is 765. The van der Waals surface area contributed by atoms with Gasteiger partial charge in [-0.05, 0) is 37.8 Å². The van der Waals surface area contributed by atoms with Gasteiger partial charge in [0.25, 0.3) is 5.91 Å². The van der Waals surface area contributed by atoms with Crippen LogP contribution in [0, 0.1) is 18.8 Å². The molecule has 0 radical (unpaired) electrons. The second kappa shape index (κ2) is 8.14. The molecule has 1 aromatic heterocycles. The second-order valence-electron chi connectivity index (χ2n) is 6.40. The Balaban J connectivity index is 1.67. The van der Waals surface area contributed by atoms with Crippen molar-refractivity contribution in [2.75, 3.05) is 19.8 Å². The van der Waals surface area contributed by atoms with Gasteiger partial charge in [0.2, 0.25) is 11.7 Å². The normalized spacial score (nSPS) is 16.2. The molecule has 1 aromatic carbocycles. The number of nitrogens with zero attached hydrogens (tertiary/aromatic N) is 1. The first-order valence-corrected chi connectivity index (χ1v) is 8.68. The Kier molecular flexibility index (Phi) is 5.68. The van der Waals surface area contributed by atoms with Crippen LogP contribution in [-0.2, 0) is 9.53 Å². The van der Waals surface area contributed by atoms with Crippen LogP contribution in [0.5, 0.6) is 0 Å². The van der Waals surface area contributed by atoms with E-state index in [1.165, 1.54) is 0 Å². The third kappa shape index (κ3) is 4.11. The lowest BCUT2D eigenvalue weighted by Gasteiger charge is -2.27. The lowest BCUT2D eigenvalue weighted by atomic mass is 9.86. The summed E-state index contributed by atoms with van der Waals surface area (Å²) in [6, 6.07) is 9.30. The SMILES string of the molecule is Cc1nc(-c2ccccc2)oc1C(=O)NCC(C(=O)O)C1CCOCC1. The predicted octanol–water partition coefficient (Wildman–Crippen LogP) is 2.51. The van der Waals surface area contributed by atoms with Crippen molar-refractivity contribution in [1.82, 2.24) is 10.3 Å². The molecule has 7 heteroatoms. The van der Waals surface area contributed by atoms with Gasteiger partial charge in [0, 0.05) is 25.3 Å². The number of carbonyl (C=O) groups excluding carboxylic acids is 1. The fourth-order valence-corrected chi connectivity index (χ4v) is 3.17. The number of ether oxygens (including phenoxy) is 1. The summed E-state index contributed by atoms with van der Waals surface area (Å²) in [7, 11) is 0. The second-order valence-corrected chi connectivity index (χ2v) is 6.40. The van der Waals surface area contributed by atoms with Gasteiger partial charge in [0.05, 0.1) is 11.6 Å². The maximum atomic E-state index is 12.5. The standard InChI is InChI=1S/C19H22N2O5/c1-12-16(26-18(21-12)14-5-3-2-4-6-14)17(22)20-11-15(19(23)24)13-7-9-25-10-8-13/h2-6,13,15H,7-11H2,1H3,(H,20,22)(H,23,24). The molecule has 138 valence electrons. The number of aromatic nitrogens is 1. The van der Waals surface area contributed by atoms with Gasteiger partial charge in [-0.25, -0.2) is 4.98 Å². The number of rotatable bonds is 6. The van der Waals surface area contributed by atoms with Crippen LogP contribution in [-0.4, -0.2) is 41.7 Å². The zero-order valence-electron chi connectivity index (χ0n) is 14.6. The number of hydrogen-bond donors (Lipinski definition) is 2. The van der Waals surface area contributed by atoms with Crippen molar-refractivity contribution in [3.8, 4) is 11.5 Å². The maximum absolute atomic E-state index is 12.5. The molecule has 0 saturated carbocycles. The summed E-state index contributed by atoms with van der Waals surface area (Å²) in [6.45, 7) is 2.87. The molecule has 1 saturated heterocycles. The molecule has 3 rings (SSSR count). The smallest absolute Gasteiger partial charge is 0.308 e. The average molecular weight is 358 g/mol. The zero-order valence-corrected chi connectivity index (χ0v) is 14.6. The summed E-state index contributed by atoms with van der Waals surface area (Å²) < 4.78 is 10.9. The molecule has 1 atom stereocenters. The van der Waals surface area contributed by atoms with Crippen LogP contribution in [0.15, 0.2) is 34.7 Å². The van der Waals surface area contributed by atoms with Crippen LogP contribution in [0.1, 0.15) is 29.1 Å². The molecule has 1 aliphatic heterocycles. The summed E-state index contributed by atoms with van der Waals surface area (Å²) >= 11 is 0.